The molecule has 1 aromatic heterocycles. The highest BCUT2D eigenvalue weighted by Crippen LogP contribution is 2.60. The summed E-state index contributed by atoms with van der Waals surface area (Å²) in [5.74, 6) is 0. The number of aromatic nitrogens is 3. The standard InChI is InChI=1S/C16H12BrClF2N3O3PS/c17-12-7-9(5-6-11(12)16(19,20)27(24,25)26)14(28-15-21-8-22-23-15)10-3-1-2-4-13(10)18/h1-8,14H,(H,21,22,23)(H2,24,25,26). The predicted molar refractivity (Wildman–Crippen MR) is 106 cm³/mol. The Balaban J connectivity index is 2.07. The van der Waals surface area contributed by atoms with Gasteiger partial charge in [0.15, 0.2) is 5.16 Å². The minimum atomic E-state index is -5.68. The van der Waals surface area contributed by atoms with E-state index >= 15 is 0 Å². The summed E-state index contributed by atoms with van der Waals surface area (Å²) in [5.41, 5.74) is -3.83. The van der Waals surface area contributed by atoms with Gasteiger partial charge in [0.25, 0.3) is 0 Å². The van der Waals surface area contributed by atoms with Crippen LogP contribution in [0.15, 0.2) is 58.4 Å². The normalized spacial score (nSPS) is 13.5. The van der Waals surface area contributed by atoms with Gasteiger partial charge in [0.1, 0.15) is 6.33 Å². The van der Waals surface area contributed by atoms with Crippen LogP contribution in [0.4, 0.5) is 8.78 Å². The second-order valence-electron chi connectivity index (χ2n) is 5.63. The van der Waals surface area contributed by atoms with Crippen LogP contribution in [0, 0.1) is 0 Å². The quantitative estimate of drug-likeness (QED) is 0.306. The SMILES string of the molecule is O=P(O)(O)C(F)(F)c1ccc(C(Sc2ncn[nH]2)c2ccccc2Cl)cc1Br. The van der Waals surface area contributed by atoms with E-state index in [0.29, 0.717) is 21.3 Å². The topological polar surface area (TPSA) is 99.1 Å². The molecule has 0 radical (unpaired) electrons. The van der Waals surface area contributed by atoms with E-state index in [1.165, 1.54) is 30.2 Å². The summed E-state index contributed by atoms with van der Waals surface area (Å²) in [6.07, 6.45) is 1.34. The summed E-state index contributed by atoms with van der Waals surface area (Å²) in [5, 5.41) is 7.04. The van der Waals surface area contributed by atoms with Gasteiger partial charge in [-0.2, -0.15) is 13.9 Å². The van der Waals surface area contributed by atoms with E-state index in [1.54, 1.807) is 24.3 Å². The minimum absolute atomic E-state index is 0.131. The fourth-order valence-corrected chi connectivity index (χ4v) is 5.13. The highest BCUT2D eigenvalue weighted by atomic mass is 79.9. The molecule has 0 amide bonds. The van der Waals surface area contributed by atoms with Gasteiger partial charge in [-0.05, 0) is 23.3 Å². The van der Waals surface area contributed by atoms with Gasteiger partial charge in [-0.15, -0.1) is 0 Å². The van der Waals surface area contributed by atoms with E-state index in [-0.39, 0.29) is 4.47 Å². The summed E-state index contributed by atoms with van der Waals surface area (Å²) < 4.78 is 39.3. The van der Waals surface area contributed by atoms with Crippen LogP contribution in [0.1, 0.15) is 21.9 Å². The van der Waals surface area contributed by atoms with Gasteiger partial charge >= 0.3 is 13.3 Å². The van der Waals surface area contributed by atoms with Gasteiger partial charge in [-0.3, -0.25) is 9.66 Å². The summed E-state index contributed by atoms with van der Waals surface area (Å²) in [6, 6.07) is 10.8. The van der Waals surface area contributed by atoms with E-state index in [0.717, 1.165) is 6.07 Å². The summed E-state index contributed by atoms with van der Waals surface area (Å²) >= 11 is 10.6. The first-order valence-corrected chi connectivity index (χ1v) is 11.3. The number of H-pyrrole nitrogens is 1. The van der Waals surface area contributed by atoms with Crippen molar-refractivity contribution < 1.29 is 23.1 Å². The number of halogens is 4. The minimum Gasteiger partial charge on any atom is -0.320 e. The van der Waals surface area contributed by atoms with Crippen LogP contribution < -0.4 is 0 Å². The molecule has 0 aliphatic heterocycles. The Morgan fingerprint density at radius 1 is 1.25 bits per heavy atom. The van der Waals surface area contributed by atoms with E-state index in [1.807, 2.05) is 0 Å². The Bertz CT molecular complexity index is 1040. The van der Waals surface area contributed by atoms with E-state index in [2.05, 4.69) is 31.1 Å². The zero-order valence-corrected chi connectivity index (χ0v) is 17.8. The first-order chi connectivity index (χ1) is 13.1. The third-order valence-electron chi connectivity index (χ3n) is 3.80. The molecule has 0 saturated carbocycles. The van der Waals surface area contributed by atoms with Crippen LogP contribution in [0.2, 0.25) is 5.02 Å². The lowest BCUT2D eigenvalue weighted by Crippen LogP contribution is -2.15. The molecule has 0 saturated heterocycles. The molecule has 3 N–H and O–H groups in total. The third-order valence-corrected chi connectivity index (χ3v) is 6.95. The van der Waals surface area contributed by atoms with Crippen molar-refractivity contribution in [3.63, 3.8) is 0 Å². The fraction of sp³-hybridized carbons (Fsp3) is 0.125. The van der Waals surface area contributed by atoms with Gasteiger partial charge in [0.05, 0.1) is 5.25 Å². The molecular weight excluding hydrogens is 499 g/mol. The van der Waals surface area contributed by atoms with Crippen LogP contribution >= 0.6 is 46.9 Å². The molecule has 0 spiro atoms. The Labute approximate surface area is 176 Å². The number of alkyl halides is 2. The molecule has 6 nitrogen and oxygen atoms in total. The molecule has 0 aliphatic carbocycles. The van der Waals surface area contributed by atoms with Crippen molar-refractivity contribution >= 4 is 46.9 Å². The third kappa shape index (κ3) is 4.32. The van der Waals surface area contributed by atoms with Gasteiger partial charge in [0.2, 0.25) is 0 Å². The molecule has 1 unspecified atom stereocenters. The number of hydrogen-bond acceptors (Lipinski definition) is 4. The van der Waals surface area contributed by atoms with Crippen molar-refractivity contribution in [1.82, 2.24) is 15.2 Å². The molecule has 3 aromatic rings. The van der Waals surface area contributed by atoms with Crippen LogP contribution in [-0.2, 0) is 10.2 Å². The van der Waals surface area contributed by atoms with Crippen LogP contribution in [-0.4, -0.2) is 25.0 Å². The number of aromatic amines is 1. The molecule has 148 valence electrons. The molecule has 12 heteroatoms. The first kappa shape index (κ1) is 21.4. The maximum absolute atomic E-state index is 14.1. The number of thioether (sulfide) groups is 1. The molecular formula is C16H12BrClF2N3O3PS. The molecule has 2 aromatic carbocycles. The average Bonchev–Trinajstić information content (AvgIpc) is 3.12. The van der Waals surface area contributed by atoms with Crippen LogP contribution in [0.25, 0.3) is 0 Å². The molecule has 0 bridgehead atoms. The number of benzene rings is 2. The van der Waals surface area contributed by atoms with Crippen molar-refractivity contribution in [2.45, 2.75) is 16.1 Å². The second kappa shape index (κ2) is 8.22. The molecule has 28 heavy (non-hydrogen) atoms. The lowest BCUT2D eigenvalue weighted by Gasteiger charge is -2.22. The average molecular weight is 511 g/mol. The Morgan fingerprint density at radius 3 is 2.54 bits per heavy atom. The van der Waals surface area contributed by atoms with Crippen LogP contribution in [0.5, 0.6) is 0 Å². The van der Waals surface area contributed by atoms with Crippen molar-refractivity contribution in [2.75, 3.05) is 0 Å². The zero-order valence-electron chi connectivity index (χ0n) is 13.8. The largest absolute Gasteiger partial charge is 0.399 e. The molecule has 0 fully saturated rings. The summed E-state index contributed by atoms with van der Waals surface area (Å²) in [6.45, 7) is 0. The summed E-state index contributed by atoms with van der Waals surface area (Å²) in [7, 11) is -5.68. The number of hydrogen-bond donors (Lipinski definition) is 3. The highest BCUT2D eigenvalue weighted by Gasteiger charge is 2.51. The monoisotopic (exact) mass is 509 g/mol. The Kier molecular flexibility index (Phi) is 6.29. The lowest BCUT2D eigenvalue weighted by molar-refractivity contribution is 0.0557. The van der Waals surface area contributed by atoms with Gasteiger partial charge in [-0.1, -0.05) is 69.6 Å². The van der Waals surface area contributed by atoms with Crippen LogP contribution in [0.3, 0.4) is 0 Å². The second-order valence-corrected chi connectivity index (χ2v) is 9.64. The van der Waals surface area contributed by atoms with E-state index < -0.39 is 24.1 Å². The molecule has 3 rings (SSSR count). The van der Waals surface area contributed by atoms with Crippen molar-refractivity contribution in [2.24, 2.45) is 0 Å². The molecule has 1 heterocycles. The van der Waals surface area contributed by atoms with E-state index in [9.17, 15) is 13.3 Å². The predicted octanol–water partition coefficient (Wildman–Crippen LogP) is 5.33. The maximum Gasteiger partial charge on any atom is 0.399 e. The van der Waals surface area contributed by atoms with Gasteiger partial charge < -0.3 is 9.79 Å². The highest BCUT2D eigenvalue weighted by molar-refractivity contribution is 9.10. The molecule has 1 atom stereocenters. The number of rotatable bonds is 6. The fourth-order valence-electron chi connectivity index (χ4n) is 2.46. The van der Waals surface area contributed by atoms with Gasteiger partial charge in [-0.25, -0.2) is 4.98 Å². The molecule has 0 aliphatic rings. The van der Waals surface area contributed by atoms with Crippen molar-refractivity contribution in [1.29, 1.82) is 0 Å². The Hall–Kier alpha value is -1.29. The zero-order chi connectivity index (χ0) is 20.5. The summed E-state index contributed by atoms with van der Waals surface area (Å²) in [4.78, 5) is 22.0. The van der Waals surface area contributed by atoms with Gasteiger partial charge in [0, 0.05) is 15.1 Å². The lowest BCUT2D eigenvalue weighted by atomic mass is 10.0. The smallest absolute Gasteiger partial charge is 0.320 e. The number of nitrogens with one attached hydrogen (secondary N) is 1. The van der Waals surface area contributed by atoms with Crippen molar-refractivity contribution in [3.8, 4) is 0 Å². The number of nitrogens with zero attached hydrogens (tertiary/aromatic N) is 2. The van der Waals surface area contributed by atoms with Crippen molar-refractivity contribution in [3.05, 3.63) is 75.0 Å². The first-order valence-electron chi connectivity index (χ1n) is 7.61. The van der Waals surface area contributed by atoms with E-state index in [4.69, 9.17) is 21.4 Å². The maximum atomic E-state index is 14.1. The Morgan fingerprint density at radius 2 is 1.96 bits per heavy atom.